The molecule has 0 radical (unpaired) electrons. The summed E-state index contributed by atoms with van der Waals surface area (Å²) in [6, 6.07) is 4.72. The van der Waals surface area contributed by atoms with Crippen molar-refractivity contribution in [2.45, 2.75) is 9.79 Å². The lowest BCUT2D eigenvalue weighted by atomic mass is 10.4. The van der Waals surface area contributed by atoms with E-state index in [0.29, 0.717) is 0 Å². The molecule has 0 unspecified atom stereocenters. The third-order valence-corrected chi connectivity index (χ3v) is 4.73. The van der Waals surface area contributed by atoms with E-state index in [9.17, 15) is 20.7 Å². The monoisotopic (exact) mass is 381 g/mol. The average molecular weight is 382 g/mol. The Hall–Kier alpha value is -2.02. The lowest BCUT2D eigenvalue weighted by Gasteiger charge is -2.09. The number of rotatable bonds is 5. The number of nitrogens with one attached hydrogen (secondary N) is 2. The molecule has 2 rings (SSSR count). The minimum atomic E-state index is -4.91. The number of nitrogen functional groups attached to an aromatic ring is 1. The van der Waals surface area contributed by atoms with E-state index in [0.717, 1.165) is 24.3 Å². The Morgan fingerprint density at radius 1 is 1.04 bits per heavy atom. The van der Waals surface area contributed by atoms with E-state index < -0.39 is 25.1 Å². The predicted octanol–water partition coefficient (Wildman–Crippen LogP) is 0.676. The topological polar surface area (TPSA) is 144 Å². The highest BCUT2D eigenvalue weighted by atomic mass is 35.5. The molecule has 0 atom stereocenters. The molecule has 2 aromatic rings. The lowest BCUT2D eigenvalue weighted by Crippen LogP contribution is -2.30. The fraction of sp³-hybridized carbons (Fsp3) is 0. The molecule has 13 heteroatoms. The normalized spacial score (nSPS) is 12.1. The van der Waals surface area contributed by atoms with Crippen LogP contribution < -0.4 is 16.0 Å². The zero-order valence-corrected chi connectivity index (χ0v) is 13.5. The second-order valence-corrected chi connectivity index (χ2v) is 7.49. The molecule has 1 heterocycles. The van der Waals surface area contributed by atoms with Gasteiger partial charge in [0, 0.05) is 6.07 Å². The van der Waals surface area contributed by atoms with Crippen molar-refractivity contribution in [3.05, 3.63) is 35.5 Å². The molecule has 9 nitrogen and oxygen atoms in total. The van der Waals surface area contributed by atoms with Gasteiger partial charge >= 0.3 is 10.2 Å². The van der Waals surface area contributed by atoms with Crippen LogP contribution in [0.4, 0.5) is 15.7 Å². The highest BCUT2D eigenvalue weighted by Gasteiger charge is 2.17. The summed E-state index contributed by atoms with van der Waals surface area (Å²) >= 11 is 5.64. The number of halogens is 2. The fourth-order valence-corrected chi connectivity index (χ4v) is 2.96. The van der Waals surface area contributed by atoms with Gasteiger partial charge in [-0.25, -0.2) is 13.4 Å². The Balaban J connectivity index is 2.18. The largest absolute Gasteiger partial charge is 0.368 e. The van der Waals surface area contributed by atoms with Gasteiger partial charge in [0.05, 0.1) is 9.79 Å². The first-order valence-corrected chi connectivity index (χ1v) is 8.95. The molecular formula is C10H9ClFN5O4S2. The summed E-state index contributed by atoms with van der Waals surface area (Å²) < 4.78 is 58.1. The first-order chi connectivity index (χ1) is 10.6. The summed E-state index contributed by atoms with van der Waals surface area (Å²) in [4.78, 5) is 8.31. The first-order valence-electron chi connectivity index (χ1n) is 5.70. The highest BCUT2D eigenvalue weighted by Crippen LogP contribution is 2.17. The van der Waals surface area contributed by atoms with E-state index in [4.69, 9.17) is 17.3 Å². The summed E-state index contributed by atoms with van der Waals surface area (Å²) in [7, 11) is -8.98. The van der Waals surface area contributed by atoms with E-state index >= 15 is 0 Å². The zero-order chi connectivity index (χ0) is 17.3. The van der Waals surface area contributed by atoms with Gasteiger partial charge in [-0.2, -0.15) is 13.4 Å². The van der Waals surface area contributed by atoms with Crippen LogP contribution >= 0.6 is 11.6 Å². The van der Waals surface area contributed by atoms with Crippen molar-refractivity contribution in [3.8, 4) is 0 Å². The molecule has 124 valence electrons. The Kier molecular flexibility index (Phi) is 4.70. The number of nitrogens with zero attached hydrogens (tertiary/aromatic N) is 2. The van der Waals surface area contributed by atoms with Gasteiger partial charge in [0.1, 0.15) is 11.0 Å². The second kappa shape index (κ2) is 6.23. The van der Waals surface area contributed by atoms with Crippen LogP contribution in [-0.4, -0.2) is 26.8 Å². The Morgan fingerprint density at radius 3 is 2.13 bits per heavy atom. The number of hydrogen-bond donors (Lipinski definition) is 3. The molecule has 0 fully saturated rings. The van der Waals surface area contributed by atoms with Crippen molar-refractivity contribution in [2.24, 2.45) is 0 Å². The Morgan fingerprint density at radius 2 is 1.61 bits per heavy atom. The molecule has 0 spiro atoms. The summed E-state index contributed by atoms with van der Waals surface area (Å²) in [5.74, 6) is -0.175. The van der Waals surface area contributed by atoms with Crippen molar-refractivity contribution < 1.29 is 20.7 Å². The van der Waals surface area contributed by atoms with Crippen molar-refractivity contribution in [2.75, 3.05) is 11.2 Å². The first kappa shape index (κ1) is 17.3. The van der Waals surface area contributed by atoms with Crippen LogP contribution in [0.5, 0.6) is 0 Å². The maximum atomic E-state index is 12.8. The van der Waals surface area contributed by atoms with Gasteiger partial charge in [-0.1, -0.05) is 11.6 Å². The highest BCUT2D eigenvalue weighted by molar-refractivity contribution is 7.89. The van der Waals surface area contributed by atoms with E-state index in [2.05, 4.69) is 15.4 Å². The van der Waals surface area contributed by atoms with Gasteiger partial charge in [0.25, 0.3) is 10.0 Å². The standard InChI is InChI=1S/C10H9ClFN5O4S2/c11-8-5-9(15-10(13)14-8)16-17-23(20,21)7-3-1-6(2-4-7)22(12,18)19/h1-5,17H,(H3,13,14,15,16). The lowest BCUT2D eigenvalue weighted by molar-refractivity contribution is 0.551. The van der Waals surface area contributed by atoms with Crippen LogP contribution in [0.1, 0.15) is 0 Å². The summed E-state index contributed by atoms with van der Waals surface area (Å²) in [5, 5.41) is -0.00305. The van der Waals surface area contributed by atoms with Crippen LogP contribution in [0, 0.1) is 0 Å². The SMILES string of the molecule is Nc1nc(Cl)cc(NNS(=O)(=O)c2ccc(S(=O)(=O)F)cc2)n1. The van der Waals surface area contributed by atoms with Crippen LogP contribution in [0.3, 0.4) is 0 Å². The van der Waals surface area contributed by atoms with Crippen LogP contribution in [0.25, 0.3) is 0 Å². The van der Waals surface area contributed by atoms with Crippen molar-refractivity contribution in [1.82, 2.24) is 14.8 Å². The van der Waals surface area contributed by atoms with E-state index in [1.807, 2.05) is 4.83 Å². The van der Waals surface area contributed by atoms with Gasteiger partial charge < -0.3 is 5.73 Å². The minimum Gasteiger partial charge on any atom is -0.368 e. The van der Waals surface area contributed by atoms with Gasteiger partial charge in [-0.3, -0.25) is 5.43 Å². The number of aromatic nitrogens is 2. The maximum Gasteiger partial charge on any atom is 0.332 e. The molecule has 0 saturated carbocycles. The molecule has 4 N–H and O–H groups in total. The van der Waals surface area contributed by atoms with Crippen LogP contribution in [0.2, 0.25) is 5.15 Å². The number of hydrazine groups is 1. The van der Waals surface area contributed by atoms with Crippen molar-refractivity contribution in [1.29, 1.82) is 0 Å². The molecule has 0 aliphatic carbocycles. The third-order valence-electron chi connectivity index (χ3n) is 2.44. The van der Waals surface area contributed by atoms with Gasteiger partial charge in [-0.15, -0.1) is 8.72 Å². The summed E-state index contributed by atoms with van der Waals surface area (Å²) in [6.45, 7) is 0. The van der Waals surface area contributed by atoms with Gasteiger partial charge in [-0.05, 0) is 24.3 Å². The van der Waals surface area contributed by atoms with Crippen LogP contribution in [-0.2, 0) is 20.2 Å². The molecule has 1 aromatic heterocycles. The van der Waals surface area contributed by atoms with E-state index in [1.54, 1.807) is 0 Å². The molecule has 0 amide bonds. The number of anilines is 2. The number of benzene rings is 1. The zero-order valence-electron chi connectivity index (χ0n) is 11.1. The van der Waals surface area contributed by atoms with Gasteiger partial charge in [0.2, 0.25) is 5.95 Å². The predicted molar refractivity (Wildman–Crippen MR) is 80.1 cm³/mol. The van der Waals surface area contributed by atoms with E-state index in [1.165, 1.54) is 6.07 Å². The molecule has 0 bridgehead atoms. The third kappa shape index (κ3) is 4.48. The average Bonchev–Trinajstić information content (AvgIpc) is 2.43. The number of nitrogens with two attached hydrogens (primary N) is 1. The molecular weight excluding hydrogens is 373 g/mol. The summed E-state index contributed by atoms with van der Waals surface area (Å²) in [5.41, 5.74) is 7.62. The quantitative estimate of drug-likeness (QED) is 0.389. The Bertz CT molecular complexity index is 914. The van der Waals surface area contributed by atoms with Crippen molar-refractivity contribution in [3.63, 3.8) is 0 Å². The second-order valence-electron chi connectivity index (χ2n) is 4.07. The Labute approximate surface area is 135 Å². The molecule has 0 aliphatic heterocycles. The number of sulfonamides is 1. The van der Waals surface area contributed by atoms with E-state index in [-0.39, 0.29) is 21.8 Å². The van der Waals surface area contributed by atoms with Crippen LogP contribution in [0.15, 0.2) is 40.1 Å². The maximum absolute atomic E-state index is 12.8. The molecule has 0 saturated heterocycles. The fourth-order valence-electron chi connectivity index (χ4n) is 1.46. The molecule has 0 aliphatic rings. The van der Waals surface area contributed by atoms with Crippen molar-refractivity contribution >= 4 is 43.6 Å². The molecule has 1 aromatic carbocycles. The smallest absolute Gasteiger partial charge is 0.332 e. The minimum absolute atomic E-state index is 0.00305. The molecule has 23 heavy (non-hydrogen) atoms. The summed E-state index contributed by atoms with van der Waals surface area (Å²) in [6.07, 6.45) is 0. The number of hydrogen-bond acceptors (Lipinski definition) is 8. The van der Waals surface area contributed by atoms with Gasteiger partial charge in [0.15, 0.2) is 0 Å².